The molecule has 2 aliphatic rings. The third-order valence-corrected chi connectivity index (χ3v) is 4.69. The maximum Gasteiger partial charge on any atom is 0.283 e. The Labute approximate surface area is 105 Å². The van der Waals surface area contributed by atoms with Crippen molar-refractivity contribution in [2.75, 3.05) is 0 Å². The largest absolute Gasteiger partial charge is 0.283 e. The molecule has 2 fully saturated rings. The molecule has 0 saturated heterocycles. The van der Waals surface area contributed by atoms with Crippen molar-refractivity contribution in [3.05, 3.63) is 18.6 Å². The van der Waals surface area contributed by atoms with E-state index in [-0.39, 0.29) is 10.9 Å². The Kier molecular flexibility index (Phi) is 2.58. The van der Waals surface area contributed by atoms with E-state index in [1.165, 1.54) is 25.2 Å². The quantitative estimate of drug-likeness (QED) is 0.849. The number of carbonyl (C=O) groups is 1. The van der Waals surface area contributed by atoms with Crippen LogP contribution in [0.5, 0.6) is 0 Å². The number of carbonyl (C=O) groups excluding carboxylic acids is 1. The predicted molar refractivity (Wildman–Crippen MR) is 61.7 cm³/mol. The number of rotatable bonds is 4. The summed E-state index contributed by atoms with van der Waals surface area (Å²) >= 11 is 0. The molecule has 18 heavy (non-hydrogen) atoms. The zero-order chi connectivity index (χ0) is 12.8. The van der Waals surface area contributed by atoms with Crippen LogP contribution in [-0.4, -0.2) is 24.3 Å². The molecule has 96 valence electrons. The molecule has 0 spiro atoms. The van der Waals surface area contributed by atoms with E-state index in [1.54, 1.807) is 0 Å². The second-order valence-electron chi connectivity index (χ2n) is 4.86. The molecule has 1 heterocycles. The lowest BCUT2D eigenvalue weighted by atomic mass is 10.2. The van der Waals surface area contributed by atoms with Crippen LogP contribution in [0.4, 0.5) is 0 Å². The second kappa shape index (κ2) is 4.01. The predicted octanol–water partition coefficient (Wildman–Crippen LogP) is 0.328. The molecular weight excluding hydrogens is 254 g/mol. The first-order valence-corrected chi connectivity index (χ1v) is 7.39. The minimum absolute atomic E-state index is 0.135. The number of nitrogens with one attached hydrogen (secondary N) is 1. The number of amides is 1. The fraction of sp³-hybridized carbons (Fsp3) is 0.545. The summed E-state index contributed by atoms with van der Waals surface area (Å²) in [5.74, 6) is 0.489. The highest BCUT2D eigenvalue weighted by atomic mass is 32.2. The van der Waals surface area contributed by atoms with Crippen LogP contribution in [0.3, 0.4) is 0 Å². The van der Waals surface area contributed by atoms with Gasteiger partial charge in [-0.3, -0.25) is 9.78 Å². The Morgan fingerprint density at radius 2 is 2.11 bits per heavy atom. The van der Waals surface area contributed by atoms with Crippen molar-refractivity contribution in [1.82, 2.24) is 14.7 Å². The SMILES string of the molecule is O=C(NS(=O)(=O)c1cnccn1)C1CC1C1CC1. The van der Waals surface area contributed by atoms with Gasteiger partial charge in [0.25, 0.3) is 10.0 Å². The van der Waals surface area contributed by atoms with Crippen LogP contribution in [-0.2, 0) is 14.8 Å². The third kappa shape index (κ3) is 2.22. The number of nitrogens with zero attached hydrogens (tertiary/aromatic N) is 2. The van der Waals surface area contributed by atoms with Crippen LogP contribution in [0.15, 0.2) is 23.6 Å². The molecule has 2 aliphatic carbocycles. The number of sulfonamides is 1. The van der Waals surface area contributed by atoms with Gasteiger partial charge in [0.1, 0.15) is 0 Å². The Bertz CT molecular complexity index is 568. The van der Waals surface area contributed by atoms with E-state index < -0.39 is 15.9 Å². The van der Waals surface area contributed by atoms with E-state index >= 15 is 0 Å². The second-order valence-corrected chi connectivity index (χ2v) is 6.49. The molecule has 1 amide bonds. The summed E-state index contributed by atoms with van der Waals surface area (Å²) in [6, 6.07) is 0. The molecule has 0 aromatic carbocycles. The van der Waals surface area contributed by atoms with Gasteiger partial charge in [0.2, 0.25) is 5.91 Å². The summed E-state index contributed by atoms with van der Waals surface area (Å²) < 4.78 is 25.7. The van der Waals surface area contributed by atoms with Crippen LogP contribution >= 0.6 is 0 Å². The molecule has 1 N–H and O–H groups in total. The first-order chi connectivity index (χ1) is 8.58. The maximum atomic E-state index is 11.8. The highest BCUT2D eigenvalue weighted by molar-refractivity contribution is 7.90. The van der Waals surface area contributed by atoms with Gasteiger partial charge < -0.3 is 0 Å². The molecule has 2 saturated carbocycles. The van der Waals surface area contributed by atoms with Crippen molar-refractivity contribution >= 4 is 15.9 Å². The molecule has 0 bridgehead atoms. The van der Waals surface area contributed by atoms with Gasteiger partial charge in [-0.2, -0.15) is 8.42 Å². The third-order valence-electron chi connectivity index (χ3n) is 3.45. The van der Waals surface area contributed by atoms with Crippen molar-refractivity contribution in [3.8, 4) is 0 Å². The average molecular weight is 267 g/mol. The zero-order valence-electron chi connectivity index (χ0n) is 9.61. The molecule has 2 unspecified atom stereocenters. The molecule has 6 nitrogen and oxygen atoms in total. The fourth-order valence-corrected chi connectivity index (χ4v) is 3.17. The smallest absolute Gasteiger partial charge is 0.274 e. The standard InChI is InChI=1S/C11H13N3O3S/c15-11(9-5-8(9)7-1-2-7)14-18(16,17)10-6-12-3-4-13-10/h3-4,6-9H,1-2,5H2,(H,14,15). The Hall–Kier alpha value is -1.50. The van der Waals surface area contributed by atoms with Crippen molar-refractivity contribution in [1.29, 1.82) is 0 Å². The zero-order valence-corrected chi connectivity index (χ0v) is 10.4. The molecule has 3 rings (SSSR count). The van der Waals surface area contributed by atoms with Gasteiger partial charge in [-0.15, -0.1) is 0 Å². The summed E-state index contributed by atoms with van der Waals surface area (Å²) in [5.41, 5.74) is 0. The maximum absolute atomic E-state index is 11.8. The summed E-state index contributed by atoms with van der Waals surface area (Å²) in [6.07, 6.45) is 6.94. The van der Waals surface area contributed by atoms with Crippen molar-refractivity contribution < 1.29 is 13.2 Å². The summed E-state index contributed by atoms with van der Waals surface area (Å²) in [7, 11) is -3.87. The van der Waals surface area contributed by atoms with Gasteiger partial charge in [0.15, 0.2) is 5.03 Å². The van der Waals surface area contributed by atoms with Crippen molar-refractivity contribution in [2.45, 2.75) is 24.3 Å². The molecule has 1 aromatic heterocycles. The van der Waals surface area contributed by atoms with Gasteiger partial charge in [-0.25, -0.2) is 9.71 Å². The summed E-state index contributed by atoms with van der Waals surface area (Å²) in [4.78, 5) is 19.2. The minimum atomic E-state index is -3.87. The highest BCUT2D eigenvalue weighted by Crippen LogP contribution is 2.54. The van der Waals surface area contributed by atoms with E-state index in [1.807, 2.05) is 0 Å². The van der Waals surface area contributed by atoms with E-state index in [0.29, 0.717) is 11.8 Å². The lowest BCUT2D eigenvalue weighted by molar-refractivity contribution is -0.120. The Balaban J connectivity index is 1.67. The molecule has 2 atom stereocenters. The van der Waals surface area contributed by atoms with E-state index in [0.717, 1.165) is 12.6 Å². The number of hydrogen-bond acceptors (Lipinski definition) is 5. The Morgan fingerprint density at radius 3 is 2.72 bits per heavy atom. The van der Waals surface area contributed by atoms with Gasteiger partial charge in [0.05, 0.1) is 6.20 Å². The molecular formula is C11H13N3O3S. The molecule has 0 radical (unpaired) electrons. The van der Waals surface area contributed by atoms with E-state index in [4.69, 9.17) is 0 Å². The van der Waals surface area contributed by atoms with E-state index in [2.05, 4.69) is 14.7 Å². The van der Waals surface area contributed by atoms with Gasteiger partial charge in [-0.1, -0.05) is 0 Å². The van der Waals surface area contributed by atoms with Gasteiger partial charge >= 0.3 is 0 Å². The van der Waals surface area contributed by atoms with Crippen molar-refractivity contribution in [3.63, 3.8) is 0 Å². The van der Waals surface area contributed by atoms with Crippen LogP contribution in [0.2, 0.25) is 0 Å². The van der Waals surface area contributed by atoms with Crippen molar-refractivity contribution in [2.24, 2.45) is 17.8 Å². The van der Waals surface area contributed by atoms with E-state index in [9.17, 15) is 13.2 Å². The van der Waals surface area contributed by atoms with Gasteiger partial charge in [-0.05, 0) is 31.1 Å². The monoisotopic (exact) mass is 267 g/mol. The first kappa shape index (κ1) is 11.6. The fourth-order valence-electron chi connectivity index (χ4n) is 2.25. The molecule has 7 heteroatoms. The first-order valence-electron chi connectivity index (χ1n) is 5.90. The lowest BCUT2D eigenvalue weighted by Gasteiger charge is -2.05. The highest BCUT2D eigenvalue weighted by Gasteiger charge is 2.51. The molecule has 1 aromatic rings. The number of aromatic nitrogens is 2. The van der Waals surface area contributed by atoms with Gasteiger partial charge in [0, 0.05) is 18.3 Å². The lowest BCUT2D eigenvalue weighted by Crippen LogP contribution is -2.32. The number of hydrogen-bond donors (Lipinski definition) is 1. The average Bonchev–Trinajstić information content (AvgIpc) is 3.19. The normalized spacial score (nSPS) is 26.7. The minimum Gasteiger partial charge on any atom is -0.274 e. The van der Waals surface area contributed by atoms with Crippen LogP contribution in [0.25, 0.3) is 0 Å². The summed E-state index contributed by atoms with van der Waals surface area (Å²) in [6.45, 7) is 0. The Morgan fingerprint density at radius 1 is 1.33 bits per heavy atom. The topological polar surface area (TPSA) is 89.0 Å². The van der Waals surface area contributed by atoms with Crippen LogP contribution in [0, 0.1) is 17.8 Å². The van der Waals surface area contributed by atoms with Crippen LogP contribution < -0.4 is 4.72 Å². The van der Waals surface area contributed by atoms with Crippen LogP contribution in [0.1, 0.15) is 19.3 Å². The summed E-state index contributed by atoms with van der Waals surface area (Å²) in [5, 5.41) is -0.220. The molecule has 0 aliphatic heterocycles.